The van der Waals surface area contributed by atoms with Gasteiger partial charge in [-0.05, 0) is 61.6 Å². The summed E-state index contributed by atoms with van der Waals surface area (Å²) in [6, 6.07) is 8.82. The molecule has 4 heterocycles. The highest BCUT2D eigenvalue weighted by Gasteiger charge is 2.53. The molecule has 2 atom stereocenters. The molecule has 3 aliphatic heterocycles. The number of aryl methyl sites for hydroxylation is 1. The number of benzene rings is 1. The van der Waals surface area contributed by atoms with Crippen molar-refractivity contribution in [3.05, 3.63) is 64.3 Å². The van der Waals surface area contributed by atoms with E-state index in [1.807, 2.05) is 13.1 Å². The van der Waals surface area contributed by atoms with Gasteiger partial charge in [-0.2, -0.15) is 15.3 Å². The Balaban J connectivity index is 1.57. The summed E-state index contributed by atoms with van der Waals surface area (Å²) in [5, 5.41) is 17.4. The Morgan fingerprint density at radius 2 is 2.06 bits per heavy atom. The summed E-state index contributed by atoms with van der Waals surface area (Å²) in [5.41, 5.74) is 8.36. The minimum absolute atomic E-state index is 0.0620. The molecule has 0 amide bonds. The number of nitrogens with one attached hydrogen (secondary N) is 1. The van der Waals surface area contributed by atoms with Gasteiger partial charge in [-0.15, -0.1) is 0 Å². The maximum atomic E-state index is 13.8. The van der Waals surface area contributed by atoms with E-state index in [2.05, 4.69) is 70.4 Å². The number of rotatable bonds is 3. The van der Waals surface area contributed by atoms with Gasteiger partial charge in [0.05, 0.1) is 17.3 Å². The average molecular weight is 456 g/mol. The van der Waals surface area contributed by atoms with Crippen LogP contribution in [0.2, 0.25) is 0 Å². The van der Waals surface area contributed by atoms with E-state index in [0.29, 0.717) is 6.42 Å². The van der Waals surface area contributed by atoms with Gasteiger partial charge in [-0.1, -0.05) is 39.0 Å². The number of fused-ring (bicyclic) bond motifs is 2. The number of carbonyl (C=O) groups excluding carboxylic acids is 1. The van der Waals surface area contributed by atoms with Crippen LogP contribution >= 0.6 is 0 Å². The molecule has 0 radical (unpaired) electrons. The van der Waals surface area contributed by atoms with E-state index < -0.39 is 5.41 Å². The number of carbonyl (C=O) groups is 1. The zero-order chi connectivity index (χ0) is 23.7. The minimum atomic E-state index is -0.518. The molecule has 0 fully saturated rings. The molecular weight excluding hydrogens is 422 g/mol. The summed E-state index contributed by atoms with van der Waals surface area (Å²) in [7, 11) is 0. The van der Waals surface area contributed by atoms with Crippen LogP contribution in [0.5, 0.6) is 0 Å². The van der Waals surface area contributed by atoms with E-state index in [4.69, 9.17) is 0 Å². The van der Waals surface area contributed by atoms with Crippen molar-refractivity contribution in [2.24, 2.45) is 15.6 Å². The van der Waals surface area contributed by atoms with Crippen molar-refractivity contribution < 1.29 is 4.79 Å². The second-order valence-electron chi connectivity index (χ2n) is 11.1. The number of allylic oxidation sites excluding steroid dienone is 3. The molecule has 0 saturated heterocycles. The molecular formula is C28H33N5O. The highest BCUT2D eigenvalue weighted by molar-refractivity contribution is 6.01. The van der Waals surface area contributed by atoms with Gasteiger partial charge in [0.2, 0.25) is 0 Å². The number of ketones is 1. The highest BCUT2D eigenvalue weighted by atomic mass is 16.1. The lowest BCUT2D eigenvalue weighted by Gasteiger charge is -2.48. The van der Waals surface area contributed by atoms with Gasteiger partial charge >= 0.3 is 0 Å². The molecule has 0 spiro atoms. The Morgan fingerprint density at radius 1 is 1.21 bits per heavy atom. The van der Waals surface area contributed by atoms with Gasteiger partial charge in [-0.25, -0.2) is 0 Å². The van der Waals surface area contributed by atoms with Crippen LogP contribution in [-0.2, 0) is 23.2 Å². The van der Waals surface area contributed by atoms with Crippen LogP contribution in [0.1, 0.15) is 71.1 Å². The summed E-state index contributed by atoms with van der Waals surface area (Å²) >= 11 is 0. The number of hydrogen-bond donors (Lipinski definition) is 1. The Morgan fingerprint density at radius 3 is 2.88 bits per heavy atom. The summed E-state index contributed by atoms with van der Waals surface area (Å²) < 4.78 is 2.16. The number of hydrogen-bond acceptors (Lipinski definition) is 5. The number of nitrogens with zero attached hydrogens (tertiary/aromatic N) is 4. The van der Waals surface area contributed by atoms with Crippen molar-refractivity contribution in [2.75, 3.05) is 0 Å². The van der Waals surface area contributed by atoms with Crippen molar-refractivity contribution in [1.82, 2.24) is 15.1 Å². The summed E-state index contributed by atoms with van der Waals surface area (Å²) in [6.07, 6.45) is 7.50. The maximum absolute atomic E-state index is 13.8. The minimum Gasteiger partial charge on any atom is -0.362 e. The summed E-state index contributed by atoms with van der Waals surface area (Å²) in [5.74, 6) is 0.250. The van der Waals surface area contributed by atoms with E-state index in [-0.39, 0.29) is 17.4 Å². The standard InChI is InChI=1S/C28H33N5O/c1-5-28(19-10-8-9-18(13-19)20-16-29-33-12-7-6-11-22(20)33)24-17(2)31-32-26(24)30-21-14-27(3,4)15-23(34)25(21)28/h8-10,13,16,26,30H,5-7,11-12,14-15H2,1-4H3/t26?,28-/m1/s1. The molecule has 6 nitrogen and oxygen atoms in total. The second-order valence-corrected chi connectivity index (χ2v) is 11.1. The Hall–Kier alpha value is -3.02. The third-order valence-electron chi connectivity index (χ3n) is 8.24. The SMILES string of the molecule is CC[C@]1(c2cccc(-c3cnn4c3CCCC4)c2)C2=C(CC(C)(C)CC2=O)NC2N=NC(C)=C21. The molecule has 2 aromatic rings. The van der Waals surface area contributed by atoms with Crippen molar-refractivity contribution in [3.8, 4) is 11.1 Å². The average Bonchev–Trinajstić information content (AvgIpc) is 3.41. The fraction of sp³-hybridized carbons (Fsp3) is 0.500. The molecule has 1 unspecified atom stereocenters. The van der Waals surface area contributed by atoms with Crippen LogP contribution in [0, 0.1) is 5.41 Å². The first-order chi connectivity index (χ1) is 16.3. The van der Waals surface area contributed by atoms with E-state index in [9.17, 15) is 4.79 Å². The molecule has 1 aliphatic carbocycles. The molecule has 34 heavy (non-hydrogen) atoms. The predicted molar refractivity (Wildman–Crippen MR) is 132 cm³/mol. The van der Waals surface area contributed by atoms with Crippen LogP contribution in [-0.4, -0.2) is 21.7 Å². The largest absolute Gasteiger partial charge is 0.362 e. The van der Waals surface area contributed by atoms with Gasteiger partial charge in [0.25, 0.3) is 0 Å². The van der Waals surface area contributed by atoms with E-state index >= 15 is 0 Å². The fourth-order valence-electron chi connectivity index (χ4n) is 6.82. The number of aromatic nitrogens is 2. The molecule has 1 aromatic carbocycles. The topological polar surface area (TPSA) is 71.6 Å². The van der Waals surface area contributed by atoms with Gasteiger partial charge in [0, 0.05) is 41.1 Å². The third kappa shape index (κ3) is 3.00. The summed E-state index contributed by atoms with van der Waals surface area (Å²) in [4.78, 5) is 13.8. The Kier molecular flexibility index (Phi) is 4.74. The molecule has 6 rings (SSSR count). The molecule has 176 valence electrons. The molecule has 1 N–H and O–H groups in total. The molecule has 4 aliphatic rings. The third-order valence-corrected chi connectivity index (χ3v) is 8.24. The smallest absolute Gasteiger partial charge is 0.165 e. The van der Waals surface area contributed by atoms with Crippen LogP contribution < -0.4 is 5.32 Å². The van der Waals surface area contributed by atoms with E-state index in [1.165, 1.54) is 29.7 Å². The maximum Gasteiger partial charge on any atom is 0.165 e. The van der Waals surface area contributed by atoms with Crippen LogP contribution in [0.25, 0.3) is 11.1 Å². The number of Topliss-reactive ketones (excluding diaryl/α,β-unsaturated/α-hetero) is 1. The van der Waals surface area contributed by atoms with E-state index in [0.717, 1.165) is 53.9 Å². The molecule has 6 heteroatoms. The van der Waals surface area contributed by atoms with Gasteiger partial charge in [0.15, 0.2) is 11.9 Å². The molecule has 0 saturated carbocycles. The lowest BCUT2D eigenvalue weighted by atomic mass is 9.58. The Labute approximate surface area is 201 Å². The predicted octanol–water partition coefficient (Wildman–Crippen LogP) is 5.85. The lowest BCUT2D eigenvalue weighted by Crippen LogP contribution is -2.51. The first-order valence-electron chi connectivity index (χ1n) is 12.6. The fourth-order valence-corrected chi connectivity index (χ4v) is 6.82. The normalized spacial score (nSPS) is 27.4. The van der Waals surface area contributed by atoms with Crippen molar-refractivity contribution in [1.29, 1.82) is 0 Å². The van der Waals surface area contributed by atoms with E-state index in [1.54, 1.807) is 0 Å². The quantitative estimate of drug-likeness (QED) is 0.631. The second kappa shape index (κ2) is 7.49. The van der Waals surface area contributed by atoms with Gasteiger partial charge in [0.1, 0.15) is 0 Å². The van der Waals surface area contributed by atoms with Crippen molar-refractivity contribution >= 4 is 5.78 Å². The Bertz CT molecular complexity index is 1290. The monoisotopic (exact) mass is 455 g/mol. The zero-order valence-corrected chi connectivity index (χ0v) is 20.6. The van der Waals surface area contributed by atoms with Crippen LogP contribution in [0.3, 0.4) is 0 Å². The molecule has 1 aromatic heterocycles. The van der Waals surface area contributed by atoms with Crippen molar-refractivity contribution in [2.45, 2.75) is 84.3 Å². The first-order valence-corrected chi connectivity index (χ1v) is 12.6. The zero-order valence-electron chi connectivity index (χ0n) is 20.6. The lowest BCUT2D eigenvalue weighted by molar-refractivity contribution is -0.119. The van der Waals surface area contributed by atoms with Crippen LogP contribution in [0.15, 0.2) is 63.2 Å². The summed E-state index contributed by atoms with van der Waals surface area (Å²) in [6.45, 7) is 9.59. The number of azo groups is 1. The van der Waals surface area contributed by atoms with Gasteiger partial charge in [-0.3, -0.25) is 9.48 Å². The van der Waals surface area contributed by atoms with Gasteiger partial charge < -0.3 is 5.32 Å². The first kappa shape index (κ1) is 21.5. The van der Waals surface area contributed by atoms with Crippen LogP contribution in [0.4, 0.5) is 0 Å². The highest BCUT2D eigenvalue weighted by Crippen LogP contribution is 2.55. The molecule has 0 bridgehead atoms. The van der Waals surface area contributed by atoms with Crippen molar-refractivity contribution in [3.63, 3.8) is 0 Å².